The van der Waals surface area contributed by atoms with Gasteiger partial charge < -0.3 is 10.8 Å². The summed E-state index contributed by atoms with van der Waals surface area (Å²) in [7, 11) is -2.14. The standard InChI is InChI=1S/C11H22N4O3S/c1-11(2,3)9(5-6-16)14-19(17,18)8-7-15(4)13-10(8)12/h7,9,14,16H,5-6H2,1-4H3,(H2,12,13). The molecule has 0 aliphatic heterocycles. The summed E-state index contributed by atoms with van der Waals surface area (Å²) in [6, 6.07) is -0.387. The number of aryl methyl sites for hydroxylation is 1. The van der Waals surface area contributed by atoms with E-state index in [-0.39, 0.29) is 28.8 Å². The van der Waals surface area contributed by atoms with Crippen LogP contribution in [-0.2, 0) is 17.1 Å². The summed E-state index contributed by atoms with van der Waals surface area (Å²) in [6.07, 6.45) is 1.69. The van der Waals surface area contributed by atoms with Crippen LogP contribution in [-0.4, -0.2) is 36.0 Å². The van der Waals surface area contributed by atoms with Crippen LogP contribution >= 0.6 is 0 Å². The van der Waals surface area contributed by atoms with Gasteiger partial charge in [-0.05, 0) is 11.8 Å². The van der Waals surface area contributed by atoms with E-state index in [9.17, 15) is 8.42 Å². The molecule has 1 aromatic rings. The van der Waals surface area contributed by atoms with Crippen LogP contribution in [0.4, 0.5) is 5.82 Å². The van der Waals surface area contributed by atoms with E-state index < -0.39 is 10.0 Å². The topological polar surface area (TPSA) is 110 Å². The maximum Gasteiger partial charge on any atom is 0.246 e. The number of nitrogens with one attached hydrogen (secondary N) is 1. The van der Waals surface area contributed by atoms with E-state index in [0.717, 1.165) is 0 Å². The van der Waals surface area contributed by atoms with E-state index in [0.29, 0.717) is 6.42 Å². The molecule has 1 atom stereocenters. The van der Waals surface area contributed by atoms with E-state index >= 15 is 0 Å². The molecule has 4 N–H and O–H groups in total. The Balaban J connectivity index is 3.04. The van der Waals surface area contributed by atoms with Gasteiger partial charge in [0.05, 0.1) is 0 Å². The third-order valence-electron chi connectivity index (χ3n) is 2.87. The zero-order valence-corrected chi connectivity index (χ0v) is 12.5. The SMILES string of the molecule is Cn1cc(S(=O)(=O)NC(CCO)C(C)(C)C)c(N)n1. The van der Waals surface area contributed by atoms with E-state index in [1.54, 1.807) is 7.05 Å². The molecular weight excluding hydrogens is 268 g/mol. The van der Waals surface area contributed by atoms with Crippen LogP contribution in [0.3, 0.4) is 0 Å². The summed E-state index contributed by atoms with van der Waals surface area (Å²) in [4.78, 5) is -0.0396. The fourth-order valence-corrected chi connectivity index (χ4v) is 3.32. The molecule has 0 spiro atoms. The van der Waals surface area contributed by atoms with Crippen molar-refractivity contribution in [1.29, 1.82) is 0 Å². The molecule has 8 heteroatoms. The van der Waals surface area contributed by atoms with Crippen LogP contribution < -0.4 is 10.5 Å². The highest BCUT2D eigenvalue weighted by Gasteiger charge is 2.31. The van der Waals surface area contributed by atoms with Gasteiger partial charge in [0, 0.05) is 25.9 Å². The van der Waals surface area contributed by atoms with Gasteiger partial charge in [0.1, 0.15) is 4.90 Å². The quantitative estimate of drug-likeness (QED) is 0.711. The Hall–Kier alpha value is -1.12. The molecule has 1 rings (SSSR count). The average Bonchev–Trinajstić information content (AvgIpc) is 2.56. The molecule has 1 unspecified atom stereocenters. The van der Waals surface area contributed by atoms with Crippen LogP contribution in [0.15, 0.2) is 11.1 Å². The number of hydrogen-bond acceptors (Lipinski definition) is 5. The minimum atomic E-state index is -3.74. The monoisotopic (exact) mass is 290 g/mol. The summed E-state index contributed by atoms with van der Waals surface area (Å²) in [5, 5.41) is 12.9. The van der Waals surface area contributed by atoms with Crippen molar-refractivity contribution in [2.24, 2.45) is 12.5 Å². The molecule has 1 heterocycles. The van der Waals surface area contributed by atoms with Crippen LogP contribution in [0.25, 0.3) is 0 Å². The molecule has 110 valence electrons. The summed E-state index contributed by atoms with van der Waals surface area (Å²) in [6.45, 7) is 5.63. The Morgan fingerprint density at radius 3 is 2.47 bits per heavy atom. The molecule has 0 radical (unpaired) electrons. The molecule has 0 amide bonds. The van der Waals surface area contributed by atoms with Gasteiger partial charge >= 0.3 is 0 Å². The first kappa shape index (κ1) is 15.9. The van der Waals surface area contributed by atoms with Crippen molar-refractivity contribution < 1.29 is 13.5 Å². The second-order valence-corrected chi connectivity index (χ2v) is 7.29. The predicted octanol–water partition coefficient (Wildman–Crippen LogP) is 0.0777. The highest BCUT2D eigenvalue weighted by Crippen LogP contribution is 2.24. The van der Waals surface area contributed by atoms with Gasteiger partial charge in [0.2, 0.25) is 10.0 Å². The molecule has 7 nitrogen and oxygen atoms in total. The van der Waals surface area contributed by atoms with Gasteiger partial charge in [-0.1, -0.05) is 20.8 Å². The molecule has 0 bridgehead atoms. The van der Waals surface area contributed by atoms with E-state index in [1.165, 1.54) is 10.9 Å². The normalized spacial score (nSPS) is 14.6. The highest BCUT2D eigenvalue weighted by molar-refractivity contribution is 7.89. The summed E-state index contributed by atoms with van der Waals surface area (Å²) >= 11 is 0. The largest absolute Gasteiger partial charge is 0.396 e. The third kappa shape index (κ3) is 3.92. The van der Waals surface area contributed by atoms with Gasteiger partial charge in [-0.2, -0.15) is 5.10 Å². The van der Waals surface area contributed by atoms with Crippen LogP contribution in [0.5, 0.6) is 0 Å². The summed E-state index contributed by atoms with van der Waals surface area (Å²) < 4.78 is 28.5. The second-order valence-electron chi connectivity index (χ2n) is 5.60. The zero-order valence-electron chi connectivity index (χ0n) is 11.7. The third-order valence-corrected chi connectivity index (χ3v) is 4.36. The number of nitrogens with zero attached hydrogens (tertiary/aromatic N) is 2. The molecule has 0 saturated carbocycles. The Bertz CT molecular complexity index is 531. The Labute approximate surface area is 113 Å². The Morgan fingerprint density at radius 2 is 2.11 bits per heavy atom. The smallest absolute Gasteiger partial charge is 0.246 e. The summed E-state index contributed by atoms with van der Waals surface area (Å²) in [5.41, 5.74) is 5.27. The summed E-state index contributed by atoms with van der Waals surface area (Å²) in [5.74, 6) is -0.0355. The van der Waals surface area contributed by atoms with E-state index in [4.69, 9.17) is 10.8 Å². The van der Waals surface area contributed by atoms with Crippen molar-refractivity contribution in [1.82, 2.24) is 14.5 Å². The fraction of sp³-hybridized carbons (Fsp3) is 0.727. The van der Waals surface area contributed by atoms with E-state index in [2.05, 4.69) is 9.82 Å². The maximum absolute atomic E-state index is 12.3. The lowest BCUT2D eigenvalue weighted by molar-refractivity contribution is 0.214. The number of anilines is 1. The number of sulfonamides is 1. The van der Waals surface area contributed by atoms with Crippen molar-refractivity contribution in [3.8, 4) is 0 Å². The van der Waals surface area contributed by atoms with Crippen molar-refractivity contribution >= 4 is 15.8 Å². The van der Waals surface area contributed by atoms with Gasteiger partial charge in [-0.25, -0.2) is 13.1 Å². The maximum atomic E-state index is 12.3. The van der Waals surface area contributed by atoms with Gasteiger partial charge in [-0.3, -0.25) is 4.68 Å². The first-order chi connectivity index (χ1) is 8.58. The fourth-order valence-electron chi connectivity index (χ4n) is 1.74. The minimum Gasteiger partial charge on any atom is -0.396 e. The number of nitrogens with two attached hydrogens (primary N) is 1. The lowest BCUT2D eigenvalue weighted by Crippen LogP contribution is -2.44. The molecule has 0 aliphatic carbocycles. The first-order valence-electron chi connectivity index (χ1n) is 6.00. The van der Waals surface area contributed by atoms with Crippen LogP contribution in [0.1, 0.15) is 27.2 Å². The molecule has 0 saturated heterocycles. The van der Waals surface area contributed by atoms with Gasteiger partial charge in [0.25, 0.3) is 0 Å². The minimum absolute atomic E-state index is 0.0355. The number of hydrogen-bond donors (Lipinski definition) is 3. The van der Waals surface area contributed by atoms with Crippen LogP contribution in [0.2, 0.25) is 0 Å². The first-order valence-corrected chi connectivity index (χ1v) is 7.48. The molecule has 19 heavy (non-hydrogen) atoms. The van der Waals surface area contributed by atoms with Gasteiger partial charge in [-0.15, -0.1) is 0 Å². The van der Waals surface area contributed by atoms with E-state index in [1.807, 2.05) is 20.8 Å². The Morgan fingerprint density at radius 1 is 1.53 bits per heavy atom. The lowest BCUT2D eigenvalue weighted by Gasteiger charge is -2.30. The number of rotatable bonds is 5. The molecule has 0 fully saturated rings. The molecular formula is C11H22N4O3S. The van der Waals surface area contributed by atoms with Crippen molar-refractivity contribution in [2.75, 3.05) is 12.3 Å². The number of aromatic nitrogens is 2. The molecule has 0 aliphatic rings. The molecule has 0 aromatic carbocycles. The number of aliphatic hydroxyl groups is 1. The Kier molecular flexibility index (Phi) is 4.59. The number of aliphatic hydroxyl groups excluding tert-OH is 1. The predicted molar refractivity (Wildman–Crippen MR) is 72.9 cm³/mol. The van der Waals surface area contributed by atoms with Crippen LogP contribution in [0, 0.1) is 5.41 Å². The second kappa shape index (κ2) is 5.48. The van der Waals surface area contributed by atoms with Gasteiger partial charge in [0.15, 0.2) is 5.82 Å². The highest BCUT2D eigenvalue weighted by atomic mass is 32.2. The molecule has 1 aromatic heterocycles. The number of nitrogen functional groups attached to an aromatic ring is 1. The average molecular weight is 290 g/mol. The van der Waals surface area contributed by atoms with Crippen molar-refractivity contribution in [3.05, 3.63) is 6.20 Å². The zero-order chi connectivity index (χ0) is 14.8. The van der Waals surface area contributed by atoms with Crippen molar-refractivity contribution in [2.45, 2.75) is 38.1 Å². The lowest BCUT2D eigenvalue weighted by atomic mass is 9.86. The van der Waals surface area contributed by atoms with Crippen molar-refractivity contribution in [3.63, 3.8) is 0 Å².